The Bertz CT molecular complexity index is 614. The molecule has 1 aromatic carbocycles. The minimum atomic E-state index is 0. The maximum atomic E-state index is 6.13. The number of benzene rings is 1. The lowest BCUT2D eigenvalue weighted by Gasteiger charge is -2.34. The highest BCUT2D eigenvalue weighted by Crippen LogP contribution is 2.41. The molecule has 1 aliphatic heterocycles. The van der Waals surface area contributed by atoms with E-state index in [-0.39, 0.29) is 24.0 Å². The van der Waals surface area contributed by atoms with Crippen molar-refractivity contribution in [3.05, 3.63) is 34.9 Å². The Morgan fingerprint density at radius 2 is 2.00 bits per heavy atom. The van der Waals surface area contributed by atoms with Crippen molar-refractivity contribution in [2.45, 2.75) is 58.0 Å². The van der Waals surface area contributed by atoms with Crippen molar-refractivity contribution in [2.75, 3.05) is 26.2 Å². The maximum Gasteiger partial charge on any atom is 0.191 e. The van der Waals surface area contributed by atoms with Crippen LogP contribution in [0.25, 0.3) is 0 Å². The molecular weight excluding hydrogens is 471 g/mol. The van der Waals surface area contributed by atoms with E-state index in [4.69, 9.17) is 11.6 Å². The standard InChI is InChI=1S/C21H33ClN4.HI/c1-4-23-21(24-18-8-10-26(11-9-18)14-15(2)3)25-20-13-19(20)16-6-5-7-17(22)12-16;/h5-7,12,15,18-20H,4,8-11,13-14H2,1-3H3,(H2,23,24,25);1H. The average molecular weight is 505 g/mol. The number of hydrogen-bond acceptors (Lipinski definition) is 2. The molecule has 0 amide bonds. The fourth-order valence-corrected chi connectivity index (χ4v) is 4.10. The Kier molecular flexibility index (Phi) is 9.16. The minimum Gasteiger partial charge on any atom is -0.354 e. The van der Waals surface area contributed by atoms with E-state index in [9.17, 15) is 0 Å². The van der Waals surface area contributed by atoms with Gasteiger partial charge in [0.2, 0.25) is 0 Å². The van der Waals surface area contributed by atoms with Crippen molar-refractivity contribution in [3.63, 3.8) is 0 Å². The summed E-state index contributed by atoms with van der Waals surface area (Å²) < 4.78 is 0. The first-order valence-corrected chi connectivity index (χ1v) is 10.5. The molecule has 27 heavy (non-hydrogen) atoms. The fraction of sp³-hybridized carbons (Fsp3) is 0.667. The van der Waals surface area contributed by atoms with Crippen LogP contribution in [0.4, 0.5) is 0 Å². The Hall–Kier alpha value is -0.530. The van der Waals surface area contributed by atoms with E-state index in [0.717, 1.165) is 29.9 Å². The van der Waals surface area contributed by atoms with Gasteiger partial charge in [0.15, 0.2) is 5.96 Å². The zero-order valence-electron chi connectivity index (χ0n) is 16.7. The van der Waals surface area contributed by atoms with Gasteiger partial charge in [0.05, 0.1) is 0 Å². The van der Waals surface area contributed by atoms with Crippen LogP contribution in [0.1, 0.15) is 51.5 Å². The fourth-order valence-electron chi connectivity index (χ4n) is 3.90. The van der Waals surface area contributed by atoms with E-state index in [1.54, 1.807) is 0 Å². The number of rotatable bonds is 6. The average Bonchev–Trinajstić information content (AvgIpc) is 3.35. The highest BCUT2D eigenvalue weighted by molar-refractivity contribution is 14.0. The smallest absolute Gasteiger partial charge is 0.191 e. The molecule has 2 unspecified atom stereocenters. The van der Waals surface area contributed by atoms with Gasteiger partial charge in [-0.15, -0.1) is 24.0 Å². The zero-order chi connectivity index (χ0) is 18.5. The second-order valence-corrected chi connectivity index (χ2v) is 8.52. The van der Waals surface area contributed by atoms with Crippen LogP contribution in [0.3, 0.4) is 0 Å². The van der Waals surface area contributed by atoms with E-state index in [2.05, 4.69) is 53.4 Å². The second kappa shape index (κ2) is 10.9. The second-order valence-electron chi connectivity index (χ2n) is 8.08. The first-order chi connectivity index (χ1) is 12.5. The van der Waals surface area contributed by atoms with E-state index in [1.165, 1.54) is 38.0 Å². The summed E-state index contributed by atoms with van der Waals surface area (Å²) in [4.78, 5) is 7.25. The van der Waals surface area contributed by atoms with Crippen molar-refractivity contribution in [1.82, 2.24) is 15.5 Å². The summed E-state index contributed by atoms with van der Waals surface area (Å²) in [6, 6.07) is 9.23. The third kappa shape index (κ3) is 7.09. The predicted octanol–water partition coefficient (Wildman–Crippen LogP) is 4.49. The quantitative estimate of drug-likeness (QED) is 0.341. The third-order valence-electron chi connectivity index (χ3n) is 5.26. The molecule has 2 aliphatic rings. The normalized spacial score (nSPS) is 23.8. The lowest BCUT2D eigenvalue weighted by atomic mass is 10.0. The number of aliphatic imine (C=N–C) groups is 1. The highest BCUT2D eigenvalue weighted by atomic mass is 127. The van der Waals surface area contributed by atoms with Gasteiger partial charge >= 0.3 is 0 Å². The Balaban J connectivity index is 0.00000261. The molecule has 2 atom stereocenters. The number of hydrogen-bond donors (Lipinski definition) is 2. The highest BCUT2D eigenvalue weighted by Gasteiger charge is 2.39. The summed E-state index contributed by atoms with van der Waals surface area (Å²) in [5.41, 5.74) is 1.33. The van der Waals surface area contributed by atoms with E-state index >= 15 is 0 Å². The number of guanidine groups is 1. The monoisotopic (exact) mass is 504 g/mol. The molecule has 1 aliphatic carbocycles. The SMILES string of the molecule is CCN=C(NC1CCN(CC(C)C)CC1)NC1CC1c1cccc(Cl)c1.I. The number of likely N-dealkylation sites (tertiary alicyclic amines) is 1. The summed E-state index contributed by atoms with van der Waals surface area (Å²) in [5.74, 6) is 2.27. The largest absolute Gasteiger partial charge is 0.354 e. The van der Waals surface area contributed by atoms with E-state index in [0.29, 0.717) is 18.0 Å². The molecule has 6 heteroatoms. The van der Waals surface area contributed by atoms with E-state index < -0.39 is 0 Å². The van der Waals surface area contributed by atoms with Crippen LogP contribution in [0, 0.1) is 5.92 Å². The van der Waals surface area contributed by atoms with Crippen LogP contribution in [0.15, 0.2) is 29.3 Å². The first kappa shape index (κ1) is 22.8. The molecule has 4 nitrogen and oxygen atoms in total. The first-order valence-electron chi connectivity index (χ1n) is 10.1. The van der Waals surface area contributed by atoms with Gasteiger partial charge < -0.3 is 15.5 Å². The molecule has 0 radical (unpaired) electrons. The van der Waals surface area contributed by atoms with Crippen LogP contribution in [0.2, 0.25) is 5.02 Å². The maximum absolute atomic E-state index is 6.13. The van der Waals surface area contributed by atoms with Gasteiger partial charge in [-0.2, -0.15) is 0 Å². The summed E-state index contributed by atoms with van der Waals surface area (Å²) >= 11 is 6.13. The van der Waals surface area contributed by atoms with Gasteiger partial charge in [-0.05, 0) is 49.8 Å². The Morgan fingerprint density at radius 1 is 1.26 bits per heavy atom. The van der Waals surface area contributed by atoms with Crippen LogP contribution in [0.5, 0.6) is 0 Å². The lowest BCUT2D eigenvalue weighted by Crippen LogP contribution is -2.49. The molecule has 1 saturated heterocycles. The topological polar surface area (TPSA) is 39.7 Å². The van der Waals surface area contributed by atoms with Crippen LogP contribution in [-0.4, -0.2) is 49.1 Å². The van der Waals surface area contributed by atoms with Crippen LogP contribution < -0.4 is 10.6 Å². The molecule has 3 rings (SSSR count). The van der Waals surface area contributed by atoms with Crippen molar-refractivity contribution in [1.29, 1.82) is 0 Å². The number of halogens is 2. The minimum absolute atomic E-state index is 0. The van der Waals surface area contributed by atoms with Crippen molar-refractivity contribution >= 4 is 41.5 Å². The van der Waals surface area contributed by atoms with Crippen molar-refractivity contribution in [2.24, 2.45) is 10.9 Å². The molecule has 0 bridgehead atoms. The molecular formula is C21H34ClIN4. The third-order valence-corrected chi connectivity index (χ3v) is 5.49. The van der Waals surface area contributed by atoms with Gasteiger partial charge in [-0.25, -0.2) is 0 Å². The van der Waals surface area contributed by atoms with Gasteiger partial charge in [0.1, 0.15) is 0 Å². The molecule has 0 aromatic heterocycles. The predicted molar refractivity (Wildman–Crippen MR) is 127 cm³/mol. The summed E-state index contributed by atoms with van der Waals surface area (Å²) in [6.45, 7) is 11.1. The van der Waals surface area contributed by atoms with Gasteiger partial charge in [0, 0.05) is 49.2 Å². The number of nitrogens with one attached hydrogen (secondary N) is 2. The van der Waals surface area contributed by atoms with Crippen LogP contribution >= 0.6 is 35.6 Å². The summed E-state index contributed by atoms with van der Waals surface area (Å²) in [6.07, 6.45) is 3.54. The number of piperidine rings is 1. The van der Waals surface area contributed by atoms with Crippen LogP contribution in [-0.2, 0) is 0 Å². The number of nitrogens with zero attached hydrogens (tertiary/aromatic N) is 2. The molecule has 152 valence electrons. The Morgan fingerprint density at radius 3 is 2.63 bits per heavy atom. The molecule has 1 saturated carbocycles. The van der Waals surface area contributed by atoms with Gasteiger partial charge in [-0.3, -0.25) is 4.99 Å². The molecule has 0 spiro atoms. The summed E-state index contributed by atoms with van der Waals surface area (Å²) in [5, 5.41) is 8.13. The zero-order valence-corrected chi connectivity index (χ0v) is 19.8. The molecule has 1 heterocycles. The van der Waals surface area contributed by atoms with Crippen molar-refractivity contribution in [3.8, 4) is 0 Å². The van der Waals surface area contributed by atoms with E-state index in [1.807, 2.05) is 12.1 Å². The molecule has 2 N–H and O–H groups in total. The summed E-state index contributed by atoms with van der Waals surface area (Å²) in [7, 11) is 0. The van der Waals surface area contributed by atoms with Gasteiger partial charge in [0.25, 0.3) is 0 Å². The lowest BCUT2D eigenvalue weighted by molar-refractivity contribution is 0.187. The molecule has 1 aromatic rings. The Labute approximate surface area is 186 Å². The van der Waals surface area contributed by atoms with Crippen molar-refractivity contribution < 1.29 is 0 Å². The molecule has 2 fully saturated rings. The van der Waals surface area contributed by atoms with Gasteiger partial charge in [-0.1, -0.05) is 37.6 Å².